The standard InChI is InChI=1S/C21H18FN3O/c1-14-17(11-23-12-18(14)22)19(26)9-16-10-25-20(13-24-16)21(7-8-21)15-5-3-2-4-6-15/h2-6,10-13H,7-9H2,1H3. The Hall–Kier alpha value is -2.95. The van der Waals surface area contributed by atoms with Gasteiger partial charge in [0, 0.05) is 29.6 Å². The van der Waals surface area contributed by atoms with E-state index < -0.39 is 5.82 Å². The smallest absolute Gasteiger partial charge is 0.170 e. The van der Waals surface area contributed by atoms with Crippen LogP contribution < -0.4 is 0 Å². The second-order valence-electron chi connectivity index (χ2n) is 6.73. The highest BCUT2D eigenvalue weighted by Crippen LogP contribution is 2.52. The average molecular weight is 347 g/mol. The molecule has 2 heterocycles. The molecular weight excluding hydrogens is 329 g/mol. The molecule has 0 N–H and O–H groups in total. The molecule has 130 valence electrons. The van der Waals surface area contributed by atoms with Crippen molar-refractivity contribution in [1.82, 2.24) is 15.0 Å². The molecule has 5 heteroatoms. The van der Waals surface area contributed by atoms with Crippen molar-refractivity contribution in [2.45, 2.75) is 31.6 Å². The van der Waals surface area contributed by atoms with Crippen LogP contribution in [0.25, 0.3) is 0 Å². The number of Topliss-reactive ketones (excluding diaryl/α,β-unsaturated/α-hetero) is 1. The van der Waals surface area contributed by atoms with E-state index in [-0.39, 0.29) is 17.6 Å². The van der Waals surface area contributed by atoms with Crippen LogP contribution in [0, 0.1) is 12.7 Å². The fraction of sp³-hybridized carbons (Fsp3) is 0.238. The third-order valence-electron chi connectivity index (χ3n) is 5.07. The molecule has 0 atom stereocenters. The number of halogens is 1. The van der Waals surface area contributed by atoms with Crippen LogP contribution in [0.15, 0.2) is 55.1 Å². The van der Waals surface area contributed by atoms with E-state index in [9.17, 15) is 9.18 Å². The number of rotatable bonds is 5. The van der Waals surface area contributed by atoms with E-state index in [1.54, 1.807) is 19.3 Å². The minimum absolute atomic E-state index is 0.0418. The van der Waals surface area contributed by atoms with E-state index >= 15 is 0 Å². The molecular formula is C21H18FN3O. The molecule has 0 unspecified atom stereocenters. The number of nitrogens with zero attached hydrogens (tertiary/aromatic N) is 3. The molecule has 0 radical (unpaired) electrons. The third-order valence-corrected chi connectivity index (χ3v) is 5.07. The fourth-order valence-electron chi connectivity index (χ4n) is 3.31. The van der Waals surface area contributed by atoms with Crippen LogP contribution in [0.5, 0.6) is 0 Å². The summed E-state index contributed by atoms with van der Waals surface area (Å²) in [5.41, 5.74) is 3.32. The van der Waals surface area contributed by atoms with Crippen molar-refractivity contribution in [3.63, 3.8) is 0 Å². The van der Waals surface area contributed by atoms with Gasteiger partial charge in [-0.2, -0.15) is 0 Å². The second-order valence-corrected chi connectivity index (χ2v) is 6.73. The van der Waals surface area contributed by atoms with Gasteiger partial charge in [-0.25, -0.2) is 4.39 Å². The number of ketones is 1. The number of benzene rings is 1. The van der Waals surface area contributed by atoms with Crippen molar-refractivity contribution in [2.24, 2.45) is 0 Å². The van der Waals surface area contributed by atoms with Gasteiger partial charge in [0.15, 0.2) is 5.78 Å². The van der Waals surface area contributed by atoms with Crippen LogP contribution in [-0.2, 0) is 11.8 Å². The van der Waals surface area contributed by atoms with Gasteiger partial charge in [0.1, 0.15) is 5.82 Å². The van der Waals surface area contributed by atoms with Crippen molar-refractivity contribution >= 4 is 5.78 Å². The minimum atomic E-state index is -0.476. The predicted molar refractivity (Wildman–Crippen MR) is 95.5 cm³/mol. The number of hydrogen-bond acceptors (Lipinski definition) is 4. The zero-order valence-electron chi connectivity index (χ0n) is 14.4. The molecule has 4 rings (SSSR count). The lowest BCUT2D eigenvalue weighted by Crippen LogP contribution is -2.13. The van der Waals surface area contributed by atoms with Gasteiger partial charge in [-0.05, 0) is 30.9 Å². The normalized spacial score (nSPS) is 14.8. The first kappa shape index (κ1) is 16.5. The lowest BCUT2D eigenvalue weighted by atomic mass is 9.93. The van der Waals surface area contributed by atoms with E-state index in [1.165, 1.54) is 11.8 Å². The van der Waals surface area contributed by atoms with Crippen LogP contribution in [0.3, 0.4) is 0 Å². The zero-order valence-corrected chi connectivity index (χ0v) is 14.4. The van der Waals surface area contributed by atoms with Crippen molar-refractivity contribution in [1.29, 1.82) is 0 Å². The Morgan fingerprint density at radius 3 is 2.50 bits per heavy atom. The van der Waals surface area contributed by atoms with Gasteiger partial charge in [-0.15, -0.1) is 0 Å². The maximum Gasteiger partial charge on any atom is 0.170 e. The highest BCUT2D eigenvalue weighted by Gasteiger charge is 2.47. The predicted octanol–water partition coefficient (Wildman–Crippen LogP) is 3.82. The van der Waals surface area contributed by atoms with Crippen LogP contribution in [0.1, 0.15) is 45.7 Å². The molecule has 0 bridgehead atoms. The Balaban J connectivity index is 1.54. The Morgan fingerprint density at radius 1 is 1.08 bits per heavy atom. The molecule has 0 spiro atoms. The van der Waals surface area contributed by atoms with Crippen molar-refractivity contribution in [3.8, 4) is 0 Å². The van der Waals surface area contributed by atoms with Crippen LogP contribution in [0.4, 0.5) is 4.39 Å². The van der Waals surface area contributed by atoms with E-state index in [1.807, 2.05) is 18.2 Å². The van der Waals surface area contributed by atoms with E-state index in [4.69, 9.17) is 0 Å². The summed E-state index contributed by atoms with van der Waals surface area (Å²) in [5.74, 6) is -0.684. The summed E-state index contributed by atoms with van der Waals surface area (Å²) in [7, 11) is 0. The molecule has 0 amide bonds. The Morgan fingerprint density at radius 2 is 1.85 bits per heavy atom. The first-order valence-electron chi connectivity index (χ1n) is 8.60. The Bertz CT molecular complexity index is 951. The largest absolute Gasteiger partial charge is 0.294 e. The number of carbonyl (C=O) groups excluding carboxylic acids is 1. The first-order valence-corrected chi connectivity index (χ1v) is 8.60. The van der Waals surface area contributed by atoms with E-state index in [0.29, 0.717) is 16.8 Å². The van der Waals surface area contributed by atoms with Gasteiger partial charge in [-0.3, -0.25) is 19.7 Å². The Kier molecular flexibility index (Phi) is 4.07. The summed E-state index contributed by atoms with van der Waals surface area (Å²) >= 11 is 0. The van der Waals surface area contributed by atoms with Crippen molar-refractivity contribution < 1.29 is 9.18 Å². The summed E-state index contributed by atoms with van der Waals surface area (Å²) in [6, 6.07) is 10.3. The van der Waals surface area contributed by atoms with Gasteiger partial charge >= 0.3 is 0 Å². The van der Waals surface area contributed by atoms with Gasteiger partial charge in [0.05, 0.1) is 24.0 Å². The molecule has 1 aliphatic rings. The summed E-state index contributed by atoms with van der Waals surface area (Å²) in [4.78, 5) is 25.2. The molecule has 1 saturated carbocycles. The second kappa shape index (κ2) is 6.41. The summed E-state index contributed by atoms with van der Waals surface area (Å²) in [6.45, 7) is 1.58. The van der Waals surface area contributed by atoms with Gasteiger partial charge in [0.25, 0.3) is 0 Å². The first-order chi connectivity index (χ1) is 12.6. The molecule has 1 aliphatic carbocycles. The third kappa shape index (κ3) is 2.90. The SMILES string of the molecule is Cc1c(F)cncc1C(=O)Cc1cnc(C2(c3ccccc3)CC2)cn1. The number of carbonyl (C=O) groups is 1. The highest BCUT2D eigenvalue weighted by molar-refractivity contribution is 5.98. The minimum Gasteiger partial charge on any atom is -0.294 e. The van der Waals surface area contributed by atoms with Crippen molar-refractivity contribution in [3.05, 3.63) is 89.0 Å². The Labute approximate surface area is 151 Å². The number of pyridine rings is 1. The van der Waals surface area contributed by atoms with Crippen molar-refractivity contribution in [2.75, 3.05) is 0 Å². The summed E-state index contributed by atoms with van der Waals surface area (Å²) in [6.07, 6.45) is 8.11. The van der Waals surface area contributed by atoms with Crippen LogP contribution >= 0.6 is 0 Å². The zero-order chi connectivity index (χ0) is 18.1. The summed E-state index contributed by atoms with van der Waals surface area (Å²) in [5, 5.41) is 0. The average Bonchev–Trinajstić information content (AvgIpc) is 3.47. The maximum atomic E-state index is 13.6. The number of aromatic nitrogens is 3. The van der Waals surface area contributed by atoms with Gasteiger partial charge in [0.2, 0.25) is 0 Å². The highest BCUT2D eigenvalue weighted by atomic mass is 19.1. The molecule has 1 fully saturated rings. The van der Waals surface area contributed by atoms with E-state index in [2.05, 4.69) is 27.1 Å². The summed E-state index contributed by atoms with van der Waals surface area (Å²) < 4.78 is 13.6. The fourth-order valence-corrected chi connectivity index (χ4v) is 3.31. The number of hydrogen-bond donors (Lipinski definition) is 0. The van der Waals surface area contributed by atoms with Crippen LogP contribution in [-0.4, -0.2) is 20.7 Å². The molecule has 2 aromatic heterocycles. The quantitative estimate of drug-likeness (QED) is 0.658. The molecule has 0 aliphatic heterocycles. The molecule has 1 aromatic carbocycles. The lowest BCUT2D eigenvalue weighted by Gasteiger charge is -2.15. The maximum absolute atomic E-state index is 13.6. The van der Waals surface area contributed by atoms with Gasteiger partial charge in [-0.1, -0.05) is 30.3 Å². The molecule has 4 nitrogen and oxygen atoms in total. The van der Waals surface area contributed by atoms with E-state index in [0.717, 1.165) is 24.7 Å². The molecule has 3 aromatic rings. The molecule has 0 saturated heterocycles. The monoisotopic (exact) mass is 347 g/mol. The van der Waals surface area contributed by atoms with Crippen LogP contribution in [0.2, 0.25) is 0 Å². The lowest BCUT2D eigenvalue weighted by molar-refractivity contribution is 0.0990. The van der Waals surface area contributed by atoms with Gasteiger partial charge < -0.3 is 0 Å². The topological polar surface area (TPSA) is 55.7 Å². The molecule has 26 heavy (non-hydrogen) atoms.